The van der Waals surface area contributed by atoms with Crippen LogP contribution in [0.3, 0.4) is 0 Å². The van der Waals surface area contributed by atoms with Crippen molar-refractivity contribution in [3.63, 3.8) is 0 Å². The van der Waals surface area contributed by atoms with Gasteiger partial charge in [-0.3, -0.25) is 14.5 Å². The molecule has 0 radical (unpaired) electrons. The summed E-state index contributed by atoms with van der Waals surface area (Å²) in [6.45, 7) is 5.74. The molecule has 0 amide bonds. The summed E-state index contributed by atoms with van der Waals surface area (Å²) in [5, 5.41) is 20.2. The number of rotatable bonds is 6. The second-order valence-corrected chi connectivity index (χ2v) is 6.25. The average molecular weight is 286 g/mol. The van der Waals surface area contributed by atoms with Gasteiger partial charge in [-0.05, 0) is 0 Å². The van der Waals surface area contributed by atoms with Crippen molar-refractivity contribution in [3.8, 4) is 0 Å². The Labute approximate surface area is 115 Å². The zero-order valence-electron chi connectivity index (χ0n) is 11.2. The Morgan fingerprint density at radius 3 is 2.16 bits per heavy atom. The van der Waals surface area contributed by atoms with Crippen molar-refractivity contribution in [2.45, 2.75) is 32.7 Å². The van der Waals surface area contributed by atoms with E-state index < -0.39 is 11.9 Å². The molecule has 0 aliphatic carbocycles. The third-order valence-corrected chi connectivity index (χ3v) is 3.23. The quantitative estimate of drug-likeness (QED) is 0.821. The fraction of sp³-hybridized carbons (Fsp3) is 0.583. The standard InChI is InChI=1S/C12H18N2O4S/c1-12(2,3)8-7-19-9(13-8)4-14(5-10(15)16)6-11(17)18/h7H,4-6H2,1-3H3,(H,15,16)(H,17,18). The van der Waals surface area contributed by atoms with Gasteiger partial charge in [-0.15, -0.1) is 11.3 Å². The number of thiazole rings is 1. The molecule has 1 aromatic heterocycles. The number of hydrogen-bond donors (Lipinski definition) is 2. The molecule has 0 fully saturated rings. The number of hydrogen-bond acceptors (Lipinski definition) is 5. The summed E-state index contributed by atoms with van der Waals surface area (Å²) >= 11 is 1.42. The van der Waals surface area contributed by atoms with Crippen molar-refractivity contribution in [1.82, 2.24) is 9.88 Å². The van der Waals surface area contributed by atoms with Gasteiger partial charge in [0, 0.05) is 10.8 Å². The first kappa shape index (κ1) is 15.6. The number of nitrogens with zero attached hydrogens (tertiary/aromatic N) is 2. The summed E-state index contributed by atoms with van der Waals surface area (Å²) in [4.78, 5) is 27.2. The highest BCUT2D eigenvalue weighted by molar-refractivity contribution is 7.09. The molecule has 0 spiro atoms. The normalized spacial score (nSPS) is 11.8. The van der Waals surface area contributed by atoms with E-state index in [1.165, 1.54) is 16.2 Å². The Hall–Kier alpha value is -1.47. The minimum Gasteiger partial charge on any atom is -0.480 e. The maximum absolute atomic E-state index is 10.7. The summed E-state index contributed by atoms with van der Waals surface area (Å²) < 4.78 is 0. The first-order valence-electron chi connectivity index (χ1n) is 5.79. The van der Waals surface area contributed by atoms with Gasteiger partial charge in [0.15, 0.2) is 0 Å². The van der Waals surface area contributed by atoms with Crippen molar-refractivity contribution in [2.75, 3.05) is 13.1 Å². The maximum atomic E-state index is 10.7. The lowest BCUT2D eigenvalue weighted by atomic mass is 9.93. The molecule has 0 saturated heterocycles. The molecule has 0 atom stereocenters. The van der Waals surface area contributed by atoms with Crippen molar-refractivity contribution in [2.24, 2.45) is 0 Å². The molecule has 2 N–H and O–H groups in total. The van der Waals surface area contributed by atoms with E-state index in [4.69, 9.17) is 10.2 Å². The second kappa shape index (κ2) is 6.12. The predicted octanol–water partition coefficient (Wildman–Crippen LogP) is 1.41. The van der Waals surface area contributed by atoms with Crippen LogP contribution in [0.15, 0.2) is 5.38 Å². The van der Waals surface area contributed by atoms with Crippen molar-refractivity contribution < 1.29 is 19.8 Å². The van der Waals surface area contributed by atoms with E-state index >= 15 is 0 Å². The minimum absolute atomic E-state index is 0.0703. The van der Waals surface area contributed by atoms with Crippen molar-refractivity contribution in [1.29, 1.82) is 0 Å². The lowest BCUT2D eigenvalue weighted by Crippen LogP contribution is -2.34. The van der Waals surface area contributed by atoms with Crippen molar-refractivity contribution in [3.05, 3.63) is 16.1 Å². The molecule has 0 aromatic carbocycles. The molecule has 0 aliphatic rings. The number of carboxylic acids is 2. The van der Waals surface area contributed by atoms with Crippen LogP contribution in [-0.4, -0.2) is 45.1 Å². The topological polar surface area (TPSA) is 90.7 Å². The molecule has 6 nitrogen and oxygen atoms in total. The summed E-state index contributed by atoms with van der Waals surface area (Å²) in [7, 11) is 0. The van der Waals surface area contributed by atoms with Crippen LogP contribution < -0.4 is 0 Å². The van der Waals surface area contributed by atoms with E-state index in [0.717, 1.165) is 10.7 Å². The fourth-order valence-corrected chi connectivity index (χ4v) is 2.53. The van der Waals surface area contributed by atoms with Crippen LogP contribution in [-0.2, 0) is 21.5 Å². The van der Waals surface area contributed by atoms with Crippen LogP contribution in [0.5, 0.6) is 0 Å². The molecular formula is C12H18N2O4S. The van der Waals surface area contributed by atoms with Gasteiger partial charge < -0.3 is 10.2 Å². The van der Waals surface area contributed by atoms with Crippen LogP contribution in [0.1, 0.15) is 31.5 Å². The lowest BCUT2D eigenvalue weighted by molar-refractivity contribution is -0.142. The molecule has 0 unspecified atom stereocenters. The fourth-order valence-electron chi connectivity index (χ4n) is 1.47. The highest BCUT2D eigenvalue weighted by atomic mass is 32.1. The van der Waals surface area contributed by atoms with Crippen LogP contribution in [0.2, 0.25) is 0 Å². The van der Waals surface area contributed by atoms with Gasteiger partial charge in [-0.1, -0.05) is 20.8 Å². The zero-order valence-corrected chi connectivity index (χ0v) is 12.0. The van der Waals surface area contributed by atoms with Crippen LogP contribution in [0.4, 0.5) is 0 Å². The number of aromatic nitrogens is 1. The minimum atomic E-state index is -1.05. The van der Waals surface area contributed by atoms with Crippen LogP contribution >= 0.6 is 11.3 Å². The highest BCUT2D eigenvalue weighted by Gasteiger charge is 2.20. The molecule has 0 saturated carbocycles. The van der Waals surface area contributed by atoms with Gasteiger partial charge in [0.05, 0.1) is 25.3 Å². The summed E-state index contributed by atoms with van der Waals surface area (Å²) in [5.74, 6) is -2.09. The second-order valence-electron chi connectivity index (χ2n) is 5.31. The predicted molar refractivity (Wildman–Crippen MR) is 71.4 cm³/mol. The number of carbonyl (C=O) groups is 2. The van der Waals surface area contributed by atoms with E-state index in [9.17, 15) is 9.59 Å². The smallest absolute Gasteiger partial charge is 0.317 e. The van der Waals surface area contributed by atoms with Gasteiger partial charge in [0.2, 0.25) is 0 Å². The van der Waals surface area contributed by atoms with E-state index in [2.05, 4.69) is 4.98 Å². The Morgan fingerprint density at radius 2 is 1.79 bits per heavy atom. The number of aliphatic carboxylic acids is 2. The summed E-state index contributed by atoms with van der Waals surface area (Å²) in [5.41, 5.74) is 0.859. The third kappa shape index (κ3) is 5.35. The maximum Gasteiger partial charge on any atom is 0.317 e. The Kier molecular flexibility index (Phi) is 5.02. The molecule has 106 valence electrons. The Morgan fingerprint density at radius 1 is 1.26 bits per heavy atom. The zero-order chi connectivity index (χ0) is 14.6. The van der Waals surface area contributed by atoms with Gasteiger partial charge in [0.25, 0.3) is 0 Å². The monoisotopic (exact) mass is 286 g/mol. The first-order valence-corrected chi connectivity index (χ1v) is 6.67. The summed E-state index contributed by atoms with van der Waals surface area (Å²) in [6.07, 6.45) is 0. The summed E-state index contributed by atoms with van der Waals surface area (Å²) in [6, 6.07) is 0. The van der Waals surface area contributed by atoms with Crippen LogP contribution in [0, 0.1) is 0 Å². The average Bonchev–Trinajstić information content (AvgIpc) is 2.62. The van der Waals surface area contributed by atoms with Crippen LogP contribution in [0.25, 0.3) is 0 Å². The van der Waals surface area contributed by atoms with E-state index in [-0.39, 0.29) is 25.0 Å². The number of carboxylic acid groups (broad SMARTS) is 2. The molecule has 1 heterocycles. The molecular weight excluding hydrogens is 268 g/mol. The van der Waals surface area contributed by atoms with Crippen molar-refractivity contribution >= 4 is 23.3 Å². The largest absolute Gasteiger partial charge is 0.480 e. The molecule has 19 heavy (non-hydrogen) atoms. The van der Waals surface area contributed by atoms with Gasteiger partial charge in [-0.25, -0.2) is 4.98 Å². The molecule has 1 rings (SSSR count). The molecule has 0 bridgehead atoms. The van der Waals surface area contributed by atoms with E-state index in [1.54, 1.807) is 0 Å². The SMILES string of the molecule is CC(C)(C)c1csc(CN(CC(=O)O)CC(=O)O)n1. The first-order chi connectivity index (χ1) is 8.68. The molecule has 0 aliphatic heterocycles. The van der Waals surface area contributed by atoms with Gasteiger partial charge in [-0.2, -0.15) is 0 Å². The molecule has 1 aromatic rings. The third-order valence-electron chi connectivity index (χ3n) is 2.40. The molecule has 7 heteroatoms. The Balaban J connectivity index is 2.75. The van der Waals surface area contributed by atoms with E-state index in [1.807, 2.05) is 26.2 Å². The lowest BCUT2D eigenvalue weighted by Gasteiger charge is -2.17. The van der Waals surface area contributed by atoms with Gasteiger partial charge in [0.1, 0.15) is 5.01 Å². The van der Waals surface area contributed by atoms with Gasteiger partial charge >= 0.3 is 11.9 Å². The highest BCUT2D eigenvalue weighted by Crippen LogP contribution is 2.24. The van der Waals surface area contributed by atoms with E-state index in [0.29, 0.717) is 0 Å². The Bertz CT molecular complexity index is 449.